The Hall–Kier alpha value is -1.56. The molecule has 2 nitrogen and oxygen atoms in total. The number of benzene rings is 1. The standard InChI is InChI=1S/C18H24O2/c1-6-14(2)18(20-5)15(3)17(19-4)13-12-16-10-8-7-9-11-16/h1,7-15,17-18H,2-5H3/b13-12+/t14-,15+,17-,18-/m0/s1. The Kier molecular flexibility index (Phi) is 7.08. The van der Waals surface area contributed by atoms with Gasteiger partial charge < -0.3 is 9.47 Å². The first kappa shape index (κ1) is 16.5. The second-order valence-electron chi connectivity index (χ2n) is 4.98. The number of terminal acetylenes is 1. The summed E-state index contributed by atoms with van der Waals surface area (Å²) in [5, 5.41) is 0. The smallest absolute Gasteiger partial charge is 0.0805 e. The summed E-state index contributed by atoms with van der Waals surface area (Å²) < 4.78 is 11.1. The summed E-state index contributed by atoms with van der Waals surface area (Å²) >= 11 is 0. The Bertz CT molecular complexity index is 444. The minimum absolute atomic E-state index is 0.0228. The minimum atomic E-state index is -0.0315. The first-order chi connectivity index (χ1) is 9.63. The van der Waals surface area contributed by atoms with Gasteiger partial charge in [0.2, 0.25) is 0 Å². The van der Waals surface area contributed by atoms with Crippen molar-refractivity contribution in [1.29, 1.82) is 0 Å². The van der Waals surface area contributed by atoms with Crippen molar-refractivity contribution in [3.8, 4) is 12.3 Å². The SMILES string of the molecule is C#C[C@H](C)[C@H](OC)[C@H](C)[C@H](/C=C/c1ccccc1)OC. The van der Waals surface area contributed by atoms with Crippen molar-refractivity contribution in [2.24, 2.45) is 11.8 Å². The first-order valence-electron chi connectivity index (χ1n) is 6.89. The lowest BCUT2D eigenvalue weighted by atomic mass is 9.89. The van der Waals surface area contributed by atoms with Crippen LogP contribution < -0.4 is 0 Å². The zero-order chi connectivity index (χ0) is 15.0. The molecule has 0 aliphatic carbocycles. The van der Waals surface area contributed by atoms with Gasteiger partial charge in [0.25, 0.3) is 0 Å². The average Bonchev–Trinajstić information content (AvgIpc) is 2.49. The maximum absolute atomic E-state index is 5.58. The van der Waals surface area contributed by atoms with Crippen LogP contribution in [0.5, 0.6) is 0 Å². The van der Waals surface area contributed by atoms with Gasteiger partial charge in [-0.25, -0.2) is 0 Å². The number of rotatable bonds is 7. The van der Waals surface area contributed by atoms with Gasteiger partial charge in [0.15, 0.2) is 0 Å². The number of hydrogen-bond acceptors (Lipinski definition) is 2. The molecule has 108 valence electrons. The van der Waals surface area contributed by atoms with Crippen LogP contribution in [0, 0.1) is 24.2 Å². The van der Waals surface area contributed by atoms with E-state index in [0.717, 1.165) is 5.56 Å². The number of hydrogen-bond donors (Lipinski definition) is 0. The molecule has 2 heteroatoms. The zero-order valence-electron chi connectivity index (χ0n) is 12.7. The lowest BCUT2D eigenvalue weighted by Crippen LogP contribution is -2.35. The second-order valence-corrected chi connectivity index (χ2v) is 4.98. The van der Waals surface area contributed by atoms with Crippen molar-refractivity contribution in [1.82, 2.24) is 0 Å². The van der Waals surface area contributed by atoms with Gasteiger partial charge in [-0.05, 0) is 12.5 Å². The van der Waals surface area contributed by atoms with Crippen LogP contribution in [0.15, 0.2) is 36.4 Å². The van der Waals surface area contributed by atoms with E-state index in [1.165, 1.54) is 0 Å². The van der Waals surface area contributed by atoms with Crippen LogP contribution in [0.3, 0.4) is 0 Å². The molecule has 0 radical (unpaired) electrons. The molecule has 0 saturated carbocycles. The molecule has 0 fully saturated rings. The Labute approximate surface area is 122 Å². The molecule has 4 atom stereocenters. The van der Waals surface area contributed by atoms with Crippen LogP contribution in [0.1, 0.15) is 19.4 Å². The summed E-state index contributed by atoms with van der Waals surface area (Å²) in [6.45, 7) is 4.10. The van der Waals surface area contributed by atoms with Crippen LogP contribution in [0.4, 0.5) is 0 Å². The monoisotopic (exact) mass is 272 g/mol. The first-order valence-corrected chi connectivity index (χ1v) is 6.89. The summed E-state index contributed by atoms with van der Waals surface area (Å²) in [6.07, 6.45) is 9.58. The molecule has 0 spiro atoms. The van der Waals surface area contributed by atoms with E-state index in [2.05, 4.69) is 37.1 Å². The highest BCUT2D eigenvalue weighted by Crippen LogP contribution is 2.22. The lowest BCUT2D eigenvalue weighted by molar-refractivity contribution is -0.0210. The van der Waals surface area contributed by atoms with Gasteiger partial charge in [-0.2, -0.15) is 0 Å². The van der Waals surface area contributed by atoms with E-state index in [0.29, 0.717) is 0 Å². The maximum atomic E-state index is 5.58. The molecular weight excluding hydrogens is 248 g/mol. The number of methoxy groups -OCH3 is 2. The molecule has 0 aromatic heterocycles. The molecule has 0 aliphatic heterocycles. The van der Waals surface area contributed by atoms with Gasteiger partial charge in [-0.15, -0.1) is 12.3 Å². The Balaban J connectivity index is 2.79. The van der Waals surface area contributed by atoms with E-state index in [1.54, 1.807) is 14.2 Å². The van der Waals surface area contributed by atoms with E-state index >= 15 is 0 Å². The van der Waals surface area contributed by atoms with Crippen molar-refractivity contribution < 1.29 is 9.47 Å². The molecule has 0 heterocycles. The summed E-state index contributed by atoms with van der Waals surface area (Å²) in [7, 11) is 3.41. The molecule has 0 saturated heterocycles. The van der Waals surface area contributed by atoms with Gasteiger partial charge in [-0.1, -0.05) is 49.4 Å². The van der Waals surface area contributed by atoms with Crippen molar-refractivity contribution in [3.05, 3.63) is 42.0 Å². The molecule has 1 rings (SSSR count). The van der Waals surface area contributed by atoms with Crippen molar-refractivity contribution in [3.63, 3.8) is 0 Å². The minimum Gasteiger partial charge on any atom is -0.380 e. The quantitative estimate of drug-likeness (QED) is 0.706. The van der Waals surface area contributed by atoms with Crippen molar-refractivity contribution in [2.45, 2.75) is 26.1 Å². The van der Waals surface area contributed by atoms with Crippen molar-refractivity contribution >= 4 is 6.08 Å². The van der Waals surface area contributed by atoms with Gasteiger partial charge in [0.05, 0.1) is 12.2 Å². The fourth-order valence-corrected chi connectivity index (χ4v) is 2.39. The third-order valence-corrected chi connectivity index (χ3v) is 3.61. The van der Waals surface area contributed by atoms with E-state index in [-0.39, 0.29) is 24.0 Å². The Morgan fingerprint density at radius 3 is 2.25 bits per heavy atom. The maximum Gasteiger partial charge on any atom is 0.0805 e. The summed E-state index contributed by atoms with van der Waals surface area (Å²) in [5.41, 5.74) is 1.15. The third-order valence-electron chi connectivity index (χ3n) is 3.61. The fraction of sp³-hybridized carbons (Fsp3) is 0.444. The topological polar surface area (TPSA) is 18.5 Å². The number of ether oxygens (including phenoxy) is 2. The molecule has 1 aromatic rings. The van der Waals surface area contributed by atoms with Gasteiger partial charge >= 0.3 is 0 Å². The van der Waals surface area contributed by atoms with Crippen LogP contribution in [-0.2, 0) is 9.47 Å². The molecule has 0 bridgehead atoms. The van der Waals surface area contributed by atoms with Crippen LogP contribution in [0.25, 0.3) is 6.08 Å². The zero-order valence-corrected chi connectivity index (χ0v) is 12.7. The summed E-state index contributed by atoms with van der Waals surface area (Å²) in [6, 6.07) is 10.2. The van der Waals surface area contributed by atoms with Crippen molar-refractivity contribution in [2.75, 3.05) is 14.2 Å². The van der Waals surface area contributed by atoms with Crippen LogP contribution in [-0.4, -0.2) is 26.4 Å². The molecule has 0 unspecified atom stereocenters. The highest BCUT2D eigenvalue weighted by molar-refractivity contribution is 5.49. The molecule has 0 aliphatic rings. The van der Waals surface area contributed by atoms with Gasteiger partial charge in [0.1, 0.15) is 0 Å². The fourth-order valence-electron chi connectivity index (χ4n) is 2.39. The lowest BCUT2D eigenvalue weighted by Gasteiger charge is -2.29. The Morgan fingerprint density at radius 1 is 1.10 bits per heavy atom. The highest BCUT2D eigenvalue weighted by atomic mass is 16.5. The van der Waals surface area contributed by atoms with Gasteiger partial charge in [-0.3, -0.25) is 0 Å². The largest absolute Gasteiger partial charge is 0.380 e. The molecule has 1 aromatic carbocycles. The van der Waals surface area contributed by atoms with E-state index in [1.807, 2.05) is 25.1 Å². The third kappa shape index (κ3) is 4.52. The van der Waals surface area contributed by atoms with E-state index in [4.69, 9.17) is 15.9 Å². The molecule has 0 amide bonds. The Morgan fingerprint density at radius 2 is 1.75 bits per heavy atom. The normalized spacial score (nSPS) is 17.4. The predicted molar refractivity (Wildman–Crippen MR) is 84.2 cm³/mol. The second kappa shape index (κ2) is 8.58. The predicted octanol–water partition coefficient (Wildman–Crippen LogP) is 3.64. The van der Waals surface area contributed by atoms with Crippen LogP contribution >= 0.6 is 0 Å². The highest BCUT2D eigenvalue weighted by Gasteiger charge is 2.27. The van der Waals surface area contributed by atoms with Gasteiger partial charge in [0, 0.05) is 26.1 Å². The average molecular weight is 272 g/mol. The van der Waals surface area contributed by atoms with Crippen LogP contribution in [0.2, 0.25) is 0 Å². The molecule has 20 heavy (non-hydrogen) atoms. The summed E-state index contributed by atoms with van der Waals surface area (Å²) in [4.78, 5) is 0. The van der Waals surface area contributed by atoms with E-state index < -0.39 is 0 Å². The molecular formula is C18H24O2. The molecule has 0 N–H and O–H groups in total. The van der Waals surface area contributed by atoms with E-state index in [9.17, 15) is 0 Å². The summed E-state index contributed by atoms with van der Waals surface area (Å²) in [5.74, 6) is 2.98.